The van der Waals surface area contributed by atoms with Crippen molar-refractivity contribution < 1.29 is 19.4 Å². The summed E-state index contributed by atoms with van der Waals surface area (Å²) in [6.45, 7) is 11.5. The monoisotopic (exact) mass is 395 g/mol. The zero-order valence-electron chi connectivity index (χ0n) is 17.9. The number of fused-ring (bicyclic) bond motifs is 1. The van der Waals surface area contributed by atoms with Gasteiger partial charge in [0.25, 0.3) is 5.91 Å². The summed E-state index contributed by atoms with van der Waals surface area (Å²) < 4.78 is 5.91. The number of hydrogen-bond donors (Lipinski definition) is 2. The van der Waals surface area contributed by atoms with Gasteiger partial charge in [-0.2, -0.15) is 0 Å². The molecule has 0 saturated heterocycles. The fourth-order valence-corrected chi connectivity index (χ4v) is 2.84. The maximum Gasteiger partial charge on any atom is 0.326 e. The smallest absolute Gasteiger partial charge is 0.326 e. The van der Waals surface area contributed by atoms with Crippen LogP contribution in [0.2, 0.25) is 0 Å². The molecule has 2 rings (SSSR count). The van der Waals surface area contributed by atoms with Gasteiger partial charge in [-0.05, 0) is 37.6 Å². The number of aliphatic carboxylic acids is 1. The highest BCUT2D eigenvalue weighted by Crippen LogP contribution is 2.30. The van der Waals surface area contributed by atoms with Crippen LogP contribution in [-0.4, -0.2) is 29.6 Å². The third-order valence-electron chi connectivity index (χ3n) is 4.26. The Kier molecular flexibility index (Phi) is 6.58. The normalized spacial score (nSPS) is 12.6. The predicted molar refractivity (Wildman–Crippen MR) is 115 cm³/mol. The quantitative estimate of drug-likeness (QED) is 0.731. The Morgan fingerprint density at radius 3 is 2.31 bits per heavy atom. The predicted octanol–water partition coefficient (Wildman–Crippen LogP) is 4.50. The van der Waals surface area contributed by atoms with Crippen LogP contribution in [0.4, 0.5) is 0 Å². The van der Waals surface area contributed by atoms with E-state index in [1.165, 1.54) is 0 Å². The molecule has 5 heteroatoms. The Morgan fingerprint density at radius 1 is 1.07 bits per heavy atom. The minimum absolute atomic E-state index is 0.132. The lowest BCUT2D eigenvalue weighted by Crippen LogP contribution is -2.49. The fourth-order valence-electron chi connectivity index (χ4n) is 2.84. The first-order chi connectivity index (χ1) is 13.4. The van der Waals surface area contributed by atoms with E-state index < -0.39 is 23.3 Å². The summed E-state index contributed by atoms with van der Waals surface area (Å²) in [7, 11) is 0. The van der Waals surface area contributed by atoms with Crippen molar-refractivity contribution in [2.45, 2.75) is 47.6 Å². The molecule has 2 aromatic rings. The van der Waals surface area contributed by atoms with E-state index in [2.05, 4.69) is 17.2 Å². The number of rotatable bonds is 5. The molecule has 0 aliphatic carbocycles. The van der Waals surface area contributed by atoms with Crippen molar-refractivity contribution in [3.8, 4) is 17.6 Å². The molecular formula is C24H29NO4. The van der Waals surface area contributed by atoms with E-state index in [4.69, 9.17) is 4.74 Å². The molecule has 0 aliphatic rings. The van der Waals surface area contributed by atoms with Gasteiger partial charge in [0.05, 0.1) is 5.56 Å². The molecule has 0 fully saturated rings. The van der Waals surface area contributed by atoms with Crippen molar-refractivity contribution >= 4 is 22.6 Å². The lowest BCUT2D eigenvalue weighted by Gasteiger charge is -2.28. The average molecular weight is 395 g/mol. The second kappa shape index (κ2) is 8.57. The zero-order chi connectivity index (χ0) is 21.8. The molecule has 0 aromatic heterocycles. The van der Waals surface area contributed by atoms with Crippen LogP contribution in [0.5, 0.6) is 5.75 Å². The zero-order valence-corrected chi connectivity index (χ0v) is 17.9. The number of carboxylic acids is 1. The van der Waals surface area contributed by atoms with Crippen molar-refractivity contribution in [3.63, 3.8) is 0 Å². The van der Waals surface area contributed by atoms with Crippen LogP contribution in [0.25, 0.3) is 10.8 Å². The molecule has 29 heavy (non-hydrogen) atoms. The molecule has 5 nitrogen and oxygen atoms in total. The van der Waals surface area contributed by atoms with Gasteiger partial charge in [0, 0.05) is 10.8 Å². The van der Waals surface area contributed by atoms with Crippen LogP contribution in [0, 0.1) is 22.7 Å². The fraction of sp³-hybridized carbons (Fsp3) is 0.417. The highest BCUT2D eigenvalue weighted by atomic mass is 16.5. The number of carbonyl (C=O) groups excluding carboxylic acids is 1. The largest absolute Gasteiger partial charge is 0.480 e. The van der Waals surface area contributed by atoms with E-state index in [-0.39, 0.29) is 17.6 Å². The van der Waals surface area contributed by atoms with Gasteiger partial charge in [0.15, 0.2) is 0 Å². The van der Waals surface area contributed by atoms with Gasteiger partial charge < -0.3 is 15.2 Å². The minimum Gasteiger partial charge on any atom is -0.480 e. The van der Waals surface area contributed by atoms with E-state index in [9.17, 15) is 14.7 Å². The van der Waals surface area contributed by atoms with Crippen molar-refractivity contribution in [3.05, 3.63) is 42.0 Å². The molecule has 0 bridgehead atoms. The van der Waals surface area contributed by atoms with E-state index in [1.807, 2.05) is 51.1 Å². The number of amides is 1. The van der Waals surface area contributed by atoms with Gasteiger partial charge in [-0.25, -0.2) is 4.79 Å². The minimum atomic E-state index is -1.08. The molecule has 2 N–H and O–H groups in total. The van der Waals surface area contributed by atoms with Crippen molar-refractivity contribution in [2.75, 3.05) is 6.61 Å². The molecule has 0 aliphatic heterocycles. The Balaban J connectivity index is 2.42. The summed E-state index contributed by atoms with van der Waals surface area (Å²) in [5.41, 5.74) is -0.502. The van der Waals surface area contributed by atoms with Crippen LogP contribution < -0.4 is 10.1 Å². The van der Waals surface area contributed by atoms with Crippen LogP contribution >= 0.6 is 0 Å². The first-order valence-corrected chi connectivity index (χ1v) is 9.58. The SMILES string of the molecule is CC(C)(C)C#CCOc1c(C(=O)NC(C(=O)O)C(C)(C)C)ccc2ccccc12. The van der Waals surface area contributed by atoms with Gasteiger partial charge in [-0.3, -0.25) is 4.79 Å². The highest BCUT2D eigenvalue weighted by molar-refractivity contribution is 6.05. The average Bonchev–Trinajstić information content (AvgIpc) is 2.60. The standard InChI is InChI=1S/C24H29NO4/c1-23(2,3)14-9-15-29-19-17-11-8-7-10-16(17)12-13-18(19)21(26)25-20(22(27)28)24(4,5)6/h7-8,10-13,20H,15H2,1-6H3,(H,25,26)(H,27,28). The molecule has 1 amide bonds. The molecule has 0 saturated carbocycles. The Labute approximate surface area is 172 Å². The molecule has 0 heterocycles. The second-order valence-corrected chi connectivity index (χ2v) is 9.11. The summed E-state index contributed by atoms with van der Waals surface area (Å²) in [5.74, 6) is 4.93. The lowest BCUT2D eigenvalue weighted by molar-refractivity contribution is -0.142. The van der Waals surface area contributed by atoms with Crippen LogP contribution in [-0.2, 0) is 4.79 Å². The number of ether oxygens (including phenoxy) is 1. The number of carbonyl (C=O) groups is 2. The van der Waals surface area contributed by atoms with Gasteiger partial charge >= 0.3 is 5.97 Å². The Morgan fingerprint density at radius 2 is 1.72 bits per heavy atom. The molecule has 154 valence electrons. The van der Waals surface area contributed by atoms with Gasteiger partial charge in [-0.1, -0.05) is 62.9 Å². The Hall–Kier alpha value is -3.00. The maximum absolute atomic E-state index is 13.0. The van der Waals surface area contributed by atoms with Crippen LogP contribution in [0.3, 0.4) is 0 Å². The third-order valence-corrected chi connectivity index (χ3v) is 4.26. The molecule has 1 unspecified atom stereocenters. The van der Waals surface area contributed by atoms with Gasteiger partial charge in [0.1, 0.15) is 18.4 Å². The number of hydrogen-bond acceptors (Lipinski definition) is 3. The number of benzene rings is 2. The summed E-state index contributed by atoms with van der Waals surface area (Å²) >= 11 is 0. The second-order valence-electron chi connectivity index (χ2n) is 9.11. The van der Waals surface area contributed by atoms with E-state index in [0.29, 0.717) is 5.75 Å². The van der Waals surface area contributed by atoms with E-state index in [0.717, 1.165) is 10.8 Å². The summed E-state index contributed by atoms with van der Waals surface area (Å²) in [4.78, 5) is 24.6. The molecule has 0 radical (unpaired) electrons. The Bertz CT molecular complexity index is 968. The van der Waals surface area contributed by atoms with E-state index >= 15 is 0 Å². The molecule has 0 spiro atoms. The maximum atomic E-state index is 13.0. The summed E-state index contributed by atoms with van der Waals surface area (Å²) in [5, 5.41) is 13.9. The van der Waals surface area contributed by atoms with E-state index in [1.54, 1.807) is 26.8 Å². The number of carboxylic acid groups (broad SMARTS) is 1. The van der Waals surface area contributed by atoms with Crippen LogP contribution in [0.1, 0.15) is 51.9 Å². The first kappa shape index (κ1) is 22.3. The van der Waals surface area contributed by atoms with Crippen molar-refractivity contribution in [1.29, 1.82) is 0 Å². The molecule has 1 atom stereocenters. The molecule has 2 aromatic carbocycles. The third kappa shape index (κ3) is 5.99. The van der Waals surface area contributed by atoms with Crippen LogP contribution in [0.15, 0.2) is 36.4 Å². The summed E-state index contributed by atoms with van der Waals surface area (Å²) in [6, 6.07) is 10.0. The molecular weight excluding hydrogens is 366 g/mol. The lowest BCUT2D eigenvalue weighted by atomic mass is 9.86. The van der Waals surface area contributed by atoms with Gasteiger partial charge in [0.2, 0.25) is 0 Å². The number of nitrogens with one attached hydrogen (secondary N) is 1. The van der Waals surface area contributed by atoms with Crippen molar-refractivity contribution in [1.82, 2.24) is 5.32 Å². The summed E-state index contributed by atoms with van der Waals surface area (Å²) in [6.07, 6.45) is 0. The first-order valence-electron chi connectivity index (χ1n) is 9.58. The highest BCUT2D eigenvalue weighted by Gasteiger charge is 2.33. The topological polar surface area (TPSA) is 75.6 Å². The van der Waals surface area contributed by atoms with Gasteiger partial charge in [-0.15, -0.1) is 0 Å². The van der Waals surface area contributed by atoms with Crippen molar-refractivity contribution in [2.24, 2.45) is 10.8 Å².